The fourth-order valence-corrected chi connectivity index (χ4v) is 8.43. The molecule has 1 aromatic rings. The van der Waals surface area contributed by atoms with Gasteiger partial charge >= 0.3 is 0 Å². The lowest BCUT2D eigenvalue weighted by atomic mass is 10.0. The summed E-state index contributed by atoms with van der Waals surface area (Å²) in [6, 6.07) is -6.94. The molecule has 0 bridgehead atoms. The molecule has 1 aromatic heterocycles. The third-order valence-electron chi connectivity index (χ3n) is 11.5. The molecule has 0 spiro atoms. The summed E-state index contributed by atoms with van der Waals surface area (Å²) in [6.45, 7) is 1.61. The Morgan fingerprint density at radius 3 is 1.70 bits per heavy atom. The van der Waals surface area contributed by atoms with Crippen LogP contribution in [0.3, 0.4) is 0 Å². The largest absolute Gasteiger partial charge is 0.394 e. The molecule has 0 saturated carbocycles. The van der Waals surface area contributed by atoms with Crippen LogP contribution in [0, 0.1) is 0 Å². The predicted octanol–water partition coefficient (Wildman–Crippen LogP) is -0.822. The molecular formula is C46H83N11O13S. The molecule has 0 unspecified atom stereocenters. The number of carbonyl (C=O) groups is 8. The zero-order chi connectivity index (χ0) is 53.0. The van der Waals surface area contributed by atoms with E-state index < -0.39 is 126 Å². The van der Waals surface area contributed by atoms with Crippen molar-refractivity contribution < 1.29 is 62.1 Å². The van der Waals surface area contributed by atoms with Gasteiger partial charge in [0, 0.05) is 44.6 Å². The van der Waals surface area contributed by atoms with Crippen molar-refractivity contribution in [2.24, 2.45) is 5.73 Å². The molecule has 0 aliphatic heterocycles. The van der Waals surface area contributed by atoms with Crippen molar-refractivity contribution in [1.29, 1.82) is 0 Å². The zero-order valence-electron chi connectivity index (χ0n) is 41.9. The molecule has 0 saturated heterocycles. The molecule has 24 nitrogen and oxygen atoms in total. The first-order valence-electron chi connectivity index (χ1n) is 25.0. The lowest BCUT2D eigenvalue weighted by molar-refractivity contribution is -0.134. The van der Waals surface area contributed by atoms with Crippen LogP contribution in [-0.4, -0.2) is 150 Å². The van der Waals surface area contributed by atoms with Gasteiger partial charge in [-0.15, -0.1) is 0 Å². The number of primary amides is 1. The highest BCUT2D eigenvalue weighted by Crippen LogP contribution is 2.13. The number of nitrogens with one attached hydrogen (secondary N) is 9. The van der Waals surface area contributed by atoms with Crippen molar-refractivity contribution in [2.75, 3.05) is 32.6 Å². The van der Waals surface area contributed by atoms with Gasteiger partial charge in [-0.1, -0.05) is 104 Å². The van der Waals surface area contributed by atoms with Crippen molar-refractivity contribution >= 4 is 57.3 Å². The summed E-state index contributed by atoms with van der Waals surface area (Å²) in [7, 11) is -2.61. The minimum Gasteiger partial charge on any atom is -0.394 e. The first kappa shape index (κ1) is 63.8. The standard InChI is InChI=1S/C46H83N11O13S/c1-4-6-8-9-10-11-12-13-14-15-16-17-18-21-40(62)57-71(69,70)25-19-22-39(61)50-28-41(63)52-36(29-58)45(67)54-34(23-24-38(47)60)43(65)55-35(26-32-27-49-31-51-32)44(66)56-37(30-59)46(68)53-33(20-7-5-2)42(64)48-3/h27,31,33-37,44,56,58-59,66H,4-26,28-30H2,1-3H3,(H2,47,60)(H,48,64)(H,49,51)(H,50,61)(H,52,63)(H,53,68)(H,54,67)(H,55,65)(H,57,62)/t33-,34-,35-,36-,37-,44-/m0/s1. The van der Waals surface area contributed by atoms with Crippen LogP contribution in [0.4, 0.5) is 0 Å². The van der Waals surface area contributed by atoms with Gasteiger partial charge in [-0.25, -0.2) is 13.4 Å². The molecule has 8 amide bonds. The van der Waals surface area contributed by atoms with E-state index in [0.717, 1.165) is 32.1 Å². The number of nitrogens with zero attached hydrogens (tertiary/aromatic N) is 1. The lowest BCUT2D eigenvalue weighted by Crippen LogP contribution is -2.62. The van der Waals surface area contributed by atoms with E-state index in [1.54, 1.807) is 0 Å². The SMILES string of the molecule is CCCCCCCCCCCCCCCC(=O)NS(=O)(=O)CCCC(=O)NCC(=O)N[C@@H](CO)C(=O)N[C@@H](CCC(N)=O)C(=O)N[C@@H](Cc1cnc[nH]1)[C@H](O)N[C@@H](CO)C(=O)N[C@@H](CCCC)C(=O)NC. The number of hydrogen-bond acceptors (Lipinski definition) is 15. The van der Waals surface area contributed by atoms with Gasteiger partial charge < -0.3 is 57.9 Å². The Bertz CT molecular complexity index is 1860. The Labute approximate surface area is 418 Å². The summed E-state index contributed by atoms with van der Waals surface area (Å²) in [6.07, 6.45) is 15.9. The highest BCUT2D eigenvalue weighted by molar-refractivity contribution is 7.90. The third-order valence-corrected chi connectivity index (χ3v) is 12.9. The molecule has 1 heterocycles. The van der Waals surface area contributed by atoms with Crippen LogP contribution < -0.4 is 47.7 Å². The summed E-state index contributed by atoms with van der Waals surface area (Å²) in [5.74, 6) is -7.00. The Morgan fingerprint density at radius 2 is 1.17 bits per heavy atom. The zero-order valence-corrected chi connectivity index (χ0v) is 42.7. The van der Waals surface area contributed by atoms with Crippen molar-refractivity contribution in [1.82, 2.24) is 51.9 Å². The van der Waals surface area contributed by atoms with Gasteiger partial charge in [-0.05, 0) is 25.7 Å². The maximum absolute atomic E-state index is 13.7. The van der Waals surface area contributed by atoms with Crippen molar-refractivity contribution in [3.63, 3.8) is 0 Å². The Kier molecular flexibility index (Phi) is 33.7. The van der Waals surface area contributed by atoms with E-state index in [1.165, 1.54) is 70.9 Å². The molecule has 0 aliphatic carbocycles. The number of aromatic nitrogens is 2. The van der Waals surface area contributed by atoms with E-state index in [0.29, 0.717) is 25.0 Å². The van der Waals surface area contributed by atoms with E-state index in [-0.39, 0.29) is 32.1 Å². The smallest absolute Gasteiger partial charge is 0.245 e. The molecular weight excluding hydrogens is 947 g/mol. The predicted molar refractivity (Wildman–Crippen MR) is 264 cm³/mol. The van der Waals surface area contributed by atoms with Crippen LogP contribution in [0.25, 0.3) is 0 Å². The number of aliphatic hydroxyl groups is 3. The van der Waals surface area contributed by atoms with E-state index in [9.17, 15) is 62.1 Å². The maximum atomic E-state index is 13.7. The molecule has 1 rings (SSSR count). The average Bonchev–Trinajstić information content (AvgIpc) is 3.85. The molecule has 0 aromatic carbocycles. The second-order valence-electron chi connectivity index (χ2n) is 17.6. The topological polar surface area (TPSA) is 382 Å². The number of aliphatic hydroxyl groups excluding tert-OH is 3. The van der Waals surface area contributed by atoms with E-state index in [4.69, 9.17) is 5.73 Å². The molecule has 14 N–H and O–H groups in total. The molecule has 0 fully saturated rings. The van der Waals surface area contributed by atoms with Crippen LogP contribution in [0.15, 0.2) is 12.5 Å². The maximum Gasteiger partial charge on any atom is 0.245 e. The quantitative estimate of drug-likeness (QED) is 0.0281. The highest BCUT2D eigenvalue weighted by atomic mass is 32.2. The van der Waals surface area contributed by atoms with Crippen LogP contribution in [0.2, 0.25) is 0 Å². The second kappa shape index (κ2) is 37.5. The number of carbonyl (C=O) groups excluding carboxylic acids is 8. The molecule has 6 atom stereocenters. The van der Waals surface area contributed by atoms with Crippen LogP contribution in [-0.2, 0) is 54.8 Å². The van der Waals surface area contributed by atoms with Gasteiger partial charge in [-0.2, -0.15) is 0 Å². The normalized spacial score (nSPS) is 13.9. The minimum atomic E-state index is -4.01. The summed E-state index contributed by atoms with van der Waals surface area (Å²) in [4.78, 5) is 109. The summed E-state index contributed by atoms with van der Waals surface area (Å²) < 4.78 is 26.9. The number of likely N-dealkylation sites (N-methyl/N-ethyl adjacent to an activating group) is 1. The van der Waals surface area contributed by atoms with E-state index >= 15 is 0 Å². The summed E-state index contributed by atoms with van der Waals surface area (Å²) in [5, 5.41) is 48.3. The number of sulfonamides is 1. The lowest BCUT2D eigenvalue weighted by Gasteiger charge is -2.30. The molecule has 0 aliphatic rings. The van der Waals surface area contributed by atoms with Crippen LogP contribution >= 0.6 is 0 Å². The number of H-pyrrole nitrogens is 1. The van der Waals surface area contributed by atoms with Crippen molar-refractivity contribution in [2.45, 2.75) is 192 Å². The average molecular weight is 1030 g/mol. The van der Waals surface area contributed by atoms with Crippen LogP contribution in [0.1, 0.15) is 154 Å². The highest BCUT2D eigenvalue weighted by Gasteiger charge is 2.33. The fourth-order valence-electron chi connectivity index (χ4n) is 7.35. The van der Waals surface area contributed by atoms with Crippen molar-refractivity contribution in [3.8, 4) is 0 Å². The Morgan fingerprint density at radius 1 is 0.634 bits per heavy atom. The fraction of sp³-hybridized carbons (Fsp3) is 0.761. The van der Waals surface area contributed by atoms with Gasteiger partial charge in [0.15, 0.2) is 0 Å². The molecule has 406 valence electrons. The molecule has 25 heteroatoms. The number of unbranched alkanes of at least 4 members (excludes halogenated alkanes) is 13. The van der Waals surface area contributed by atoms with Crippen molar-refractivity contribution in [3.05, 3.63) is 18.2 Å². The Hall–Kier alpha value is -5.24. The molecule has 0 radical (unpaired) electrons. The number of hydrogen-bond donors (Lipinski definition) is 13. The summed E-state index contributed by atoms with van der Waals surface area (Å²) >= 11 is 0. The second-order valence-corrected chi connectivity index (χ2v) is 19.5. The van der Waals surface area contributed by atoms with E-state index in [1.807, 2.05) is 11.6 Å². The number of nitrogens with two attached hydrogens (primary N) is 1. The van der Waals surface area contributed by atoms with E-state index in [2.05, 4.69) is 54.1 Å². The van der Waals surface area contributed by atoms with Gasteiger partial charge in [0.2, 0.25) is 57.3 Å². The van der Waals surface area contributed by atoms with Gasteiger partial charge in [0.25, 0.3) is 0 Å². The van der Waals surface area contributed by atoms with Gasteiger partial charge in [-0.3, -0.25) is 48.4 Å². The number of rotatable bonds is 42. The molecule has 71 heavy (non-hydrogen) atoms. The number of aromatic amines is 1. The number of imidazole rings is 1. The van der Waals surface area contributed by atoms with Crippen LogP contribution in [0.5, 0.6) is 0 Å². The van der Waals surface area contributed by atoms with Gasteiger partial charge in [0.1, 0.15) is 30.4 Å². The minimum absolute atomic E-state index is 0.0637. The monoisotopic (exact) mass is 1030 g/mol. The number of amides is 8. The first-order valence-corrected chi connectivity index (χ1v) is 26.7. The van der Waals surface area contributed by atoms with Gasteiger partial charge in [0.05, 0.1) is 37.9 Å². The Balaban J connectivity index is 2.73. The summed E-state index contributed by atoms with van der Waals surface area (Å²) in [5.41, 5.74) is 5.72. The third kappa shape index (κ3) is 29.6. The first-order chi connectivity index (χ1) is 33.9.